The quantitative estimate of drug-likeness (QED) is 0.412. The fourth-order valence-electron chi connectivity index (χ4n) is 4.33. The van der Waals surface area contributed by atoms with Gasteiger partial charge in [0.25, 0.3) is 0 Å². The van der Waals surface area contributed by atoms with Crippen molar-refractivity contribution >= 4 is 17.0 Å². The number of fused-ring (bicyclic) bond motifs is 1. The first kappa shape index (κ1) is 20.5. The van der Waals surface area contributed by atoms with Crippen LogP contribution in [0.15, 0.2) is 67.1 Å². The van der Waals surface area contributed by atoms with Gasteiger partial charge in [0.1, 0.15) is 11.5 Å². The minimum atomic E-state index is 0.174. The van der Waals surface area contributed by atoms with Gasteiger partial charge in [0, 0.05) is 37.7 Å². The van der Waals surface area contributed by atoms with Crippen molar-refractivity contribution in [2.75, 3.05) is 24.7 Å². The number of rotatable bonds is 4. The van der Waals surface area contributed by atoms with Gasteiger partial charge in [-0.15, -0.1) is 0 Å². The summed E-state index contributed by atoms with van der Waals surface area (Å²) in [6, 6.07) is 16.0. The zero-order valence-corrected chi connectivity index (χ0v) is 19.0. The SMILES string of the molecule is CC1COCCN1c1nc(-c2ccn(-c3ccccc3)n2)nc2c1nc(-c1ccncc1)n2C. The van der Waals surface area contributed by atoms with Gasteiger partial charge in [-0.05, 0) is 37.3 Å². The van der Waals surface area contributed by atoms with Crippen LogP contribution in [0.25, 0.3) is 39.8 Å². The van der Waals surface area contributed by atoms with Crippen LogP contribution in [-0.2, 0) is 11.8 Å². The van der Waals surface area contributed by atoms with Crippen molar-refractivity contribution in [1.29, 1.82) is 0 Å². The summed E-state index contributed by atoms with van der Waals surface area (Å²) >= 11 is 0. The highest BCUT2D eigenvalue weighted by molar-refractivity contribution is 5.88. The number of hydrogen-bond acceptors (Lipinski definition) is 7. The van der Waals surface area contributed by atoms with Crippen LogP contribution in [0.2, 0.25) is 0 Å². The molecule has 0 radical (unpaired) electrons. The van der Waals surface area contributed by atoms with Gasteiger partial charge >= 0.3 is 0 Å². The zero-order chi connectivity index (χ0) is 23.1. The van der Waals surface area contributed by atoms with Gasteiger partial charge in [0.15, 0.2) is 22.8 Å². The molecule has 170 valence electrons. The number of para-hydroxylation sites is 1. The van der Waals surface area contributed by atoms with Gasteiger partial charge in [0.05, 0.1) is 24.9 Å². The summed E-state index contributed by atoms with van der Waals surface area (Å²) in [6.07, 6.45) is 5.47. The molecule has 6 rings (SSSR count). The van der Waals surface area contributed by atoms with Gasteiger partial charge < -0.3 is 14.2 Å². The van der Waals surface area contributed by atoms with Crippen molar-refractivity contribution in [2.24, 2.45) is 7.05 Å². The number of aromatic nitrogens is 7. The molecule has 1 atom stereocenters. The second kappa shape index (κ2) is 8.35. The highest BCUT2D eigenvalue weighted by Gasteiger charge is 2.27. The van der Waals surface area contributed by atoms with Crippen molar-refractivity contribution in [3.8, 4) is 28.6 Å². The molecule has 5 heterocycles. The molecule has 34 heavy (non-hydrogen) atoms. The highest BCUT2D eigenvalue weighted by Crippen LogP contribution is 2.32. The van der Waals surface area contributed by atoms with E-state index < -0.39 is 0 Å². The molecule has 1 saturated heterocycles. The maximum absolute atomic E-state index is 5.68. The Morgan fingerprint density at radius 1 is 0.971 bits per heavy atom. The smallest absolute Gasteiger partial charge is 0.184 e. The number of anilines is 1. The number of aryl methyl sites for hydroxylation is 1. The van der Waals surface area contributed by atoms with Crippen LogP contribution in [0, 0.1) is 0 Å². The summed E-state index contributed by atoms with van der Waals surface area (Å²) in [5.74, 6) is 2.20. The number of morpholine rings is 1. The van der Waals surface area contributed by atoms with Crippen molar-refractivity contribution in [2.45, 2.75) is 13.0 Å². The first-order valence-electron chi connectivity index (χ1n) is 11.3. The van der Waals surface area contributed by atoms with E-state index in [1.807, 2.05) is 71.0 Å². The van der Waals surface area contributed by atoms with Crippen molar-refractivity contribution in [1.82, 2.24) is 34.3 Å². The zero-order valence-electron chi connectivity index (χ0n) is 19.0. The van der Waals surface area contributed by atoms with Gasteiger partial charge in [-0.2, -0.15) is 5.10 Å². The maximum atomic E-state index is 5.68. The van der Waals surface area contributed by atoms with Gasteiger partial charge in [0.2, 0.25) is 0 Å². The van der Waals surface area contributed by atoms with Crippen LogP contribution in [0.1, 0.15) is 6.92 Å². The number of ether oxygens (including phenoxy) is 1. The van der Waals surface area contributed by atoms with Crippen LogP contribution in [-0.4, -0.2) is 60.1 Å². The Morgan fingerprint density at radius 2 is 1.79 bits per heavy atom. The molecular formula is C25H24N8O. The average Bonchev–Trinajstić information content (AvgIpc) is 3.51. The molecule has 9 nitrogen and oxygen atoms in total. The van der Waals surface area contributed by atoms with Crippen LogP contribution in [0.4, 0.5) is 5.82 Å². The van der Waals surface area contributed by atoms with Crippen LogP contribution in [0.5, 0.6) is 0 Å². The Morgan fingerprint density at radius 3 is 2.59 bits per heavy atom. The first-order chi connectivity index (χ1) is 16.7. The molecule has 0 N–H and O–H groups in total. The average molecular weight is 453 g/mol. The lowest BCUT2D eigenvalue weighted by Gasteiger charge is -2.34. The predicted molar refractivity (Wildman–Crippen MR) is 130 cm³/mol. The Hall–Kier alpha value is -4.11. The summed E-state index contributed by atoms with van der Waals surface area (Å²) in [7, 11) is 1.98. The number of nitrogens with zero attached hydrogens (tertiary/aromatic N) is 8. The van der Waals surface area contributed by atoms with Crippen LogP contribution < -0.4 is 4.90 Å². The fourth-order valence-corrected chi connectivity index (χ4v) is 4.33. The second-order valence-corrected chi connectivity index (χ2v) is 8.37. The Balaban J connectivity index is 1.53. The van der Waals surface area contributed by atoms with E-state index in [1.165, 1.54) is 0 Å². The predicted octanol–water partition coefficient (Wildman–Crippen LogP) is 3.50. The Labute approximate surface area is 196 Å². The van der Waals surface area contributed by atoms with Crippen LogP contribution >= 0.6 is 0 Å². The fraction of sp³-hybridized carbons (Fsp3) is 0.240. The molecule has 0 aliphatic carbocycles. The third-order valence-electron chi connectivity index (χ3n) is 6.12. The third-order valence-corrected chi connectivity index (χ3v) is 6.12. The standard InChI is InChI=1S/C25H24N8O/c1-17-16-34-15-14-32(17)25-21-24(31(2)23(27-21)18-8-11-26-12-9-18)28-22(29-25)20-10-13-33(30-20)19-6-4-3-5-7-19/h3-13,17H,14-16H2,1-2H3. The lowest BCUT2D eigenvalue weighted by atomic mass is 10.2. The Kier molecular flexibility index (Phi) is 5.03. The van der Waals surface area contributed by atoms with E-state index in [4.69, 9.17) is 24.8 Å². The molecule has 1 fully saturated rings. The minimum absolute atomic E-state index is 0.174. The lowest BCUT2D eigenvalue weighted by Crippen LogP contribution is -2.44. The lowest BCUT2D eigenvalue weighted by molar-refractivity contribution is 0.0987. The molecule has 1 aromatic carbocycles. The number of pyridine rings is 1. The summed E-state index contributed by atoms with van der Waals surface area (Å²) in [6.45, 7) is 4.18. The topological polar surface area (TPSA) is 86.8 Å². The van der Waals surface area contributed by atoms with E-state index in [9.17, 15) is 0 Å². The maximum Gasteiger partial charge on any atom is 0.184 e. The summed E-state index contributed by atoms with van der Waals surface area (Å²) in [4.78, 5) is 21.3. The first-order valence-corrected chi connectivity index (χ1v) is 11.3. The van der Waals surface area contributed by atoms with E-state index in [2.05, 4.69) is 16.8 Å². The molecule has 5 aromatic rings. The normalized spacial score (nSPS) is 16.3. The number of benzene rings is 1. The molecule has 0 amide bonds. The largest absolute Gasteiger partial charge is 0.377 e. The van der Waals surface area contributed by atoms with Gasteiger partial charge in [-0.3, -0.25) is 4.98 Å². The molecule has 4 aromatic heterocycles. The van der Waals surface area contributed by atoms with Gasteiger partial charge in [-0.25, -0.2) is 19.6 Å². The molecule has 1 unspecified atom stereocenters. The molecular weight excluding hydrogens is 428 g/mol. The van der Waals surface area contributed by atoms with E-state index in [1.54, 1.807) is 12.4 Å². The molecule has 1 aliphatic rings. The third kappa shape index (κ3) is 3.50. The number of hydrogen-bond donors (Lipinski definition) is 0. The highest BCUT2D eigenvalue weighted by atomic mass is 16.5. The summed E-state index contributed by atoms with van der Waals surface area (Å²) < 4.78 is 9.53. The van der Waals surface area contributed by atoms with Crippen molar-refractivity contribution < 1.29 is 4.74 Å². The van der Waals surface area contributed by atoms with E-state index in [-0.39, 0.29) is 6.04 Å². The van der Waals surface area contributed by atoms with Crippen molar-refractivity contribution in [3.05, 3.63) is 67.1 Å². The summed E-state index contributed by atoms with van der Waals surface area (Å²) in [5, 5.41) is 4.77. The van der Waals surface area contributed by atoms with Crippen molar-refractivity contribution in [3.63, 3.8) is 0 Å². The van der Waals surface area contributed by atoms with Crippen LogP contribution in [0.3, 0.4) is 0 Å². The molecule has 9 heteroatoms. The Bertz CT molecular complexity index is 1440. The number of imidazole rings is 1. The molecule has 0 spiro atoms. The monoisotopic (exact) mass is 452 g/mol. The summed E-state index contributed by atoms with van der Waals surface area (Å²) in [5.41, 5.74) is 4.21. The minimum Gasteiger partial charge on any atom is -0.377 e. The molecule has 1 aliphatic heterocycles. The van der Waals surface area contributed by atoms with E-state index in [0.717, 1.165) is 40.6 Å². The van der Waals surface area contributed by atoms with E-state index in [0.29, 0.717) is 24.7 Å². The molecule has 0 bridgehead atoms. The van der Waals surface area contributed by atoms with Gasteiger partial charge in [-0.1, -0.05) is 18.2 Å². The second-order valence-electron chi connectivity index (χ2n) is 8.37. The molecule has 0 saturated carbocycles. The van der Waals surface area contributed by atoms with E-state index >= 15 is 0 Å².